The number of amides is 2. The van der Waals surface area contributed by atoms with E-state index in [0.29, 0.717) is 25.2 Å². The molecule has 7 heteroatoms. The number of nitrogens with zero attached hydrogens (tertiary/aromatic N) is 1. The smallest absolute Gasteiger partial charge is 0.315 e. The first kappa shape index (κ1) is 21.4. The summed E-state index contributed by atoms with van der Waals surface area (Å²) >= 11 is 0. The van der Waals surface area contributed by atoms with Crippen molar-refractivity contribution in [3.63, 3.8) is 0 Å². The number of benzene rings is 3. The number of methoxy groups -OCH3 is 1. The zero-order valence-corrected chi connectivity index (χ0v) is 17.8. The minimum Gasteiger partial charge on any atom is -0.497 e. The number of fused-ring (bicyclic) bond motifs is 1. The maximum Gasteiger partial charge on any atom is 0.315 e. The van der Waals surface area contributed by atoms with Gasteiger partial charge in [0.2, 0.25) is 0 Å². The summed E-state index contributed by atoms with van der Waals surface area (Å²) in [5, 5.41) is 5.91. The van der Waals surface area contributed by atoms with E-state index in [-0.39, 0.29) is 17.9 Å². The van der Waals surface area contributed by atoms with Crippen LogP contribution in [0.1, 0.15) is 23.0 Å². The highest BCUT2D eigenvalue weighted by atomic mass is 19.1. The number of hydrogen-bond acceptors (Lipinski definition) is 3. The lowest BCUT2D eigenvalue weighted by Gasteiger charge is -2.18. The highest BCUT2D eigenvalue weighted by molar-refractivity contribution is 5.76. The van der Waals surface area contributed by atoms with Crippen LogP contribution in [0.4, 0.5) is 9.18 Å². The Morgan fingerprint density at radius 3 is 2.47 bits per heavy atom. The molecule has 0 fully saturated rings. The van der Waals surface area contributed by atoms with E-state index >= 15 is 0 Å². The summed E-state index contributed by atoms with van der Waals surface area (Å²) in [4.78, 5) is 20.6. The average molecular weight is 432 g/mol. The predicted molar refractivity (Wildman–Crippen MR) is 122 cm³/mol. The zero-order chi connectivity index (χ0) is 22.3. The summed E-state index contributed by atoms with van der Waals surface area (Å²) in [7, 11) is 1.63. The monoisotopic (exact) mass is 432 g/mol. The van der Waals surface area contributed by atoms with Crippen LogP contribution in [0.15, 0.2) is 72.8 Å². The number of imidazole rings is 1. The molecule has 0 unspecified atom stereocenters. The molecule has 32 heavy (non-hydrogen) atoms. The SMILES string of the molecule is COc1ccc(C[C@@H](NC(=O)NCCc2ccc(F)cc2)c2nc3ccccc3[nH]2)cc1. The third-order valence-corrected chi connectivity index (χ3v) is 5.25. The molecule has 4 aromatic rings. The molecule has 0 aliphatic carbocycles. The number of carbonyl (C=O) groups is 1. The van der Waals surface area contributed by atoms with E-state index in [9.17, 15) is 9.18 Å². The Bertz CT molecular complexity index is 1140. The van der Waals surface area contributed by atoms with Crippen molar-refractivity contribution in [2.75, 3.05) is 13.7 Å². The van der Waals surface area contributed by atoms with Crippen LogP contribution in [0, 0.1) is 5.82 Å². The first-order valence-corrected chi connectivity index (χ1v) is 10.5. The van der Waals surface area contributed by atoms with Gasteiger partial charge in [0.25, 0.3) is 0 Å². The molecule has 3 aromatic carbocycles. The van der Waals surface area contributed by atoms with E-state index in [0.717, 1.165) is 27.9 Å². The molecule has 0 aliphatic rings. The van der Waals surface area contributed by atoms with Gasteiger partial charge in [-0.3, -0.25) is 0 Å². The quantitative estimate of drug-likeness (QED) is 0.383. The molecule has 6 nitrogen and oxygen atoms in total. The summed E-state index contributed by atoms with van der Waals surface area (Å²) in [6.45, 7) is 0.437. The van der Waals surface area contributed by atoms with E-state index in [2.05, 4.69) is 20.6 Å². The van der Waals surface area contributed by atoms with Gasteiger partial charge in [-0.2, -0.15) is 0 Å². The molecule has 4 rings (SSSR count). The van der Waals surface area contributed by atoms with Crippen molar-refractivity contribution in [2.24, 2.45) is 0 Å². The van der Waals surface area contributed by atoms with Crippen LogP contribution in [0.5, 0.6) is 5.75 Å². The molecule has 1 heterocycles. The molecule has 0 radical (unpaired) electrons. The Balaban J connectivity index is 1.45. The number of aromatic nitrogens is 2. The Hall–Kier alpha value is -3.87. The Kier molecular flexibility index (Phi) is 6.65. The molecule has 1 atom stereocenters. The van der Waals surface area contributed by atoms with Crippen molar-refractivity contribution in [2.45, 2.75) is 18.9 Å². The highest BCUT2D eigenvalue weighted by Gasteiger charge is 2.19. The molecule has 3 N–H and O–H groups in total. The molecule has 0 bridgehead atoms. The minimum atomic E-state index is -0.346. The van der Waals surface area contributed by atoms with Gasteiger partial charge in [0, 0.05) is 6.54 Å². The summed E-state index contributed by atoms with van der Waals surface area (Å²) in [6, 6.07) is 21.1. The lowest BCUT2D eigenvalue weighted by molar-refractivity contribution is 0.236. The normalized spacial score (nSPS) is 11.8. The van der Waals surface area contributed by atoms with Gasteiger partial charge in [-0.1, -0.05) is 36.4 Å². The van der Waals surface area contributed by atoms with Gasteiger partial charge in [-0.25, -0.2) is 14.2 Å². The first-order valence-electron chi connectivity index (χ1n) is 10.5. The fourth-order valence-corrected chi connectivity index (χ4v) is 3.53. The van der Waals surface area contributed by atoms with Crippen molar-refractivity contribution in [1.29, 1.82) is 0 Å². The zero-order valence-electron chi connectivity index (χ0n) is 17.8. The number of urea groups is 1. The summed E-state index contributed by atoms with van der Waals surface area (Å²) in [5.41, 5.74) is 3.77. The van der Waals surface area contributed by atoms with Gasteiger partial charge < -0.3 is 20.4 Å². The number of nitrogens with one attached hydrogen (secondary N) is 3. The number of para-hydroxylation sites is 2. The van der Waals surface area contributed by atoms with Gasteiger partial charge in [0.15, 0.2) is 0 Å². The minimum absolute atomic E-state index is 0.272. The molecule has 0 spiro atoms. The van der Waals surface area contributed by atoms with Crippen molar-refractivity contribution in [3.05, 3.63) is 95.6 Å². The van der Waals surface area contributed by atoms with Crippen molar-refractivity contribution < 1.29 is 13.9 Å². The Labute approximate surface area is 185 Å². The number of ether oxygens (including phenoxy) is 1. The van der Waals surface area contributed by atoms with E-state index in [1.54, 1.807) is 19.2 Å². The van der Waals surface area contributed by atoms with E-state index in [4.69, 9.17) is 4.74 Å². The average Bonchev–Trinajstić information content (AvgIpc) is 3.25. The van der Waals surface area contributed by atoms with E-state index in [1.807, 2.05) is 48.5 Å². The van der Waals surface area contributed by atoms with Gasteiger partial charge in [-0.05, 0) is 60.4 Å². The van der Waals surface area contributed by atoms with E-state index in [1.165, 1.54) is 12.1 Å². The molecule has 164 valence electrons. The lowest BCUT2D eigenvalue weighted by atomic mass is 10.1. The van der Waals surface area contributed by atoms with Crippen LogP contribution in [-0.2, 0) is 12.8 Å². The van der Waals surface area contributed by atoms with Crippen LogP contribution in [0.2, 0.25) is 0 Å². The van der Waals surface area contributed by atoms with Gasteiger partial charge >= 0.3 is 6.03 Å². The Morgan fingerprint density at radius 1 is 1.03 bits per heavy atom. The second-order valence-corrected chi connectivity index (χ2v) is 7.52. The first-order chi connectivity index (χ1) is 15.6. The third kappa shape index (κ3) is 5.43. The van der Waals surface area contributed by atoms with Crippen LogP contribution < -0.4 is 15.4 Å². The number of rotatable bonds is 8. The molecule has 0 saturated heterocycles. The maximum absolute atomic E-state index is 13.0. The predicted octanol–water partition coefficient (Wildman–Crippen LogP) is 4.54. The molecule has 2 amide bonds. The molecule has 1 aromatic heterocycles. The number of H-pyrrole nitrogens is 1. The largest absolute Gasteiger partial charge is 0.497 e. The van der Waals surface area contributed by atoms with Crippen LogP contribution >= 0.6 is 0 Å². The fourth-order valence-electron chi connectivity index (χ4n) is 3.53. The molecule has 0 aliphatic heterocycles. The number of hydrogen-bond donors (Lipinski definition) is 3. The van der Waals surface area contributed by atoms with Crippen molar-refractivity contribution in [3.8, 4) is 5.75 Å². The van der Waals surface area contributed by atoms with Gasteiger partial charge in [0.1, 0.15) is 17.4 Å². The topological polar surface area (TPSA) is 79.0 Å². The van der Waals surface area contributed by atoms with Gasteiger partial charge in [0.05, 0.1) is 24.2 Å². The van der Waals surface area contributed by atoms with Crippen molar-refractivity contribution >= 4 is 17.1 Å². The maximum atomic E-state index is 13.0. The highest BCUT2D eigenvalue weighted by Crippen LogP contribution is 2.21. The van der Waals surface area contributed by atoms with Crippen LogP contribution in [0.25, 0.3) is 11.0 Å². The Morgan fingerprint density at radius 2 is 1.75 bits per heavy atom. The van der Waals surface area contributed by atoms with Crippen LogP contribution in [-0.4, -0.2) is 29.7 Å². The number of carbonyl (C=O) groups excluding carboxylic acids is 1. The molecular weight excluding hydrogens is 407 g/mol. The van der Waals surface area contributed by atoms with Gasteiger partial charge in [-0.15, -0.1) is 0 Å². The van der Waals surface area contributed by atoms with E-state index < -0.39 is 0 Å². The van der Waals surface area contributed by atoms with Crippen molar-refractivity contribution in [1.82, 2.24) is 20.6 Å². The number of halogens is 1. The third-order valence-electron chi connectivity index (χ3n) is 5.25. The fraction of sp³-hybridized carbons (Fsp3) is 0.200. The lowest BCUT2D eigenvalue weighted by Crippen LogP contribution is -2.40. The summed E-state index contributed by atoms with van der Waals surface area (Å²) in [5.74, 6) is 1.20. The standard InChI is InChI=1S/C25H25FN4O2/c1-32-20-12-8-18(9-13-20)16-23(24-28-21-4-2-3-5-22(21)29-24)30-25(31)27-15-14-17-6-10-19(26)11-7-17/h2-13,23H,14-16H2,1H3,(H,28,29)(H2,27,30,31)/t23-/m1/s1. The summed E-state index contributed by atoms with van der Waals surface area (Å²) in [6.07, 6.45) is 1.18. The number of aromatic amines is 1. The molecular formula is C25H25FN4O2. The summed E-state index contributed by atoms with van der Waals surface area (Å²) < 4.78 is 18.3. The molecule has 0 saturated carbocycles. The second kappa shape index (κ2) is 9.96. The second-order valence-electron chi connectivity index (χ2n) is 7.52. The van der Waals surface area contributed by atoms with Crippen LogP contribution in [0.3, 0.4) is 0 Å².